The Hall–Kier alpha value is -4.91. The fraction of sp³-hybridized carbons (Fsp3) is 0.306. The van der Waals surface area contributed by atoms with Gasteiger partial charge in [0.25, 0.3) is 5.56 Å². The number of hydrogen-bond acceptors (Lipinski definition) is 16. The number of esters is 1. The highest BCUT2D eigenvalue weighted by Gasteiger charge is 2.46. The summed E-state index contributed by atoms with van der Waals surface area (Å²) in [5, 5.41) is 26.2. The van der Waals surface area contributed by atoms with Gasteiger partial charge in [-0.1, -0.05) is 53.7 Å². The molecule has 6 atom stereocenters. The number of carbonyl (C=O) groups excluding carboxylic acids is 2. The zero-order valence-electron chi connectivity index (χ0n) is 30.3. The number of para-hydroxylation sites is 1. The van der Waals surface area contributed by atoms with Crippen LogP contribution in [0.2, 0.25) is 0 Å². The molecule has 1 saturated heterocycles. The molecule has 3 unspecified atom stereocenters. The minimum atomic E-state index is -5.38. The first-order chi connectivity index (χ1) is 27.1. The summed E-state index contributed by atoms with van der Waals surface area (Å²) in [7, 11) is -10.3. The fourth-order valence-electron chi connectivity index (χ4n) is 5.74. The van der Waals surface area contributed by atoms with Gasteiger partial charge in [0.2, 0.25) is 0 Å². The largest absolute Gasteiger partial charge is 0.484 e. The maximum absolute atomic E-state index is 13.8. The lowest BCUT2D eigenvalue weighted by Gasteiger charge is -2.22. The molecular weight excluding hydrogens is 792 g/mol. The average Bonchev–Trinajstić information content (AvgIpc) is 3.70. The van der Waals surface area contributed by atoms with E-state index in [4.69, 9.17) is 31.9 Å². The first kappa shape index (κ1) is 41.7. The minimum absolute atomic E-state index is 0.0570. The summed E-state index contributed by atoms with van der Waals surface area (Å²) in [5.41, 5.74) is 0.599. The number of benzene rings is 3. The third kappa shape index (κ3) is 10.5. The Kier molecular flexibility index (Phi) is 13.0. The van der Waals surface area contributed by atoms with E-state index in [-0.39, 0.29) is 30.2 Å². The van der Waals surface area contributed by atoms with Gasteiger partial charge in [0.15, 0.2) is 11.8 Å². The number of ether oxygens (including phenoxy) is 2. The quantitative estimate of drug-likeness (QED) is 0.0688. The van der Waals surface area contributed by atoms with E-state index in [1.54, 1.807) is 48.5 Å². The van der Waals surface area contributed by atoms with Crippen LogP contribution < -0.4 is 16.0 Å². The van der Waals surface area contributed by atoms with Crippen LogP contribution >= 0.6 is 15.6 Å². The van der Waals surface area contributed by atoms with E-state index in [9.17, 15) is 43.4 Å². The molecule has 1 fully saturated rings. The molecule has 3 heterocycles. The number of rotatable bonds is 17. The molecule has 0 spiro atoms. The Labute approximate surface area is 323 Å². The van der Waals surface area contributed by atoms with Crippen molar-refractivity contribution in [3.05, 3.63) is 128 Å². The number of Topliss-reactive ketones (excluding diaryl/α,β-unsaturated/α-hetero) is 1. The van der Waals surface area contributed by atoms with Crippen molar-refractivity contribution in [3.8, 4) is 5.75 Å². The normalized spacial score (nSPS) is 20.2. The number of hydrogen-bond donors (Lipinski definition) is 3. The van der Waals surface area contributed by atoms with E-state index in [2.05, 4.69) is 5.16 Å². The Morgan fingerprint density at radius 2 is 1.47 bits per heavy atom. The van der Waals surface area contributed by atoms with Crippen LogP contribution in [-0.4, -0.2) is 66.1 Å². The smallest absolute Gasteiger partial charge is 0.427 e. The molecule has 1 aliphatic heterocycles. The Morgan fingerprint density at radius 1 is 0.842 bits per heavy atom. The second-order valence-electron chi connectivity index (χ2n) is 12.9. The van der Waals surface area contributed by atoms with Gasteiger partial charge in [-0.25, -0.2) is 13.9 Å². The van der Waals surface area contributed by atoms with Gasteiger partial charge < -0.3 is 29.1 Å². The minimum Gasteiger partial charge on any atom is -0.427 e. The number of phosphoric ester groups is 2. The zero-order chi connectivity index (χ0) is 40.9. The van der Waals surface area contributed by atoms with Crippen LogP contribution in [-0.2, 0) is 67.5 Å². The molecular formula is C36H37N3O16P2. The van der Waals surface area contributed by atoms with Crippen molar-refractivity contribution in [3.63, 3.8) is 0 Å². The molecule has 57 heavy (non-hydrogen) atoms. The Balaban J connectivity index is 1.14. The first-order valence-corrected chi connectivity index (χ1v) is 20.1. The first-order valence-electron chi connectivity index (χ1n) is 17.2. The number of fused-ring (bicyclic) bond motifs is 1. The second kappa shape index (κ2) is 17.7. The Morgan fingerprint density at radius 3 is 2.12 bits per heavy atom. The average molecular weight is 830 g/mol. The van der Waals surface area contributed by atoms with Gasteiger partial charge in [-0.15, -0.1) is 0 Å². The van der Waals surface area contributed by atoms with Gasteiger partial charge in [0.05, 0.1) is 26.4 Å². The predicted molar refractivity (Wildman–Crippen MR) is 197 cm³/mol. The van der Waals surface area contributed by atoms with Gasteiger partial charge in [0, 0.05) is 31.0 Å². The van der Waals surface area contributed by atoms with E-state index in [1.165, 1.54) is 38.1 Å². The molecule has 5 aromatic rings. The van der Waals surface area contributed by atoms with E-state index < -0.39 is 77.2 Å². The molecule has 0 aliphatic carbocycles. The second-order valence-corrected chi connectivity index (χ2v) is 16.1. The SMILES string of the molecule is CC(=O)Cc1ccc(COP(=O)(OCc2ccc(OC(C)=O)cc2)OP(=O)(O)OC[C@H]2O[C@@H](n3ccc(=O)n(Cc4noc5ccccc45)c3=O)C(O)[C@H]2O)cc1. The molecule has 302 valence electrons. The fourth-order valence-corrected chi connectivity index (χ4v) is 8.34. The molecule has 2 aromatic heterocycles. The predicted octanol–water partition coefficient (Wildman–Crippen LogP) is 3.55. The Bertz CT molecular complexity index is 2380. The van der Waals surface area contributed by atoms with Crippen molar-refractivity contribution in [1.82, 2.24) is 14.3 Å². The summed E-state index contributed by atoms with van der Waals surface area (Å²) in [4.78, 5) is 59.6. The molecule has 3 aromatic carbocycles. The molecule has 0 bridgehead atoms. The topological polar surface area (TPSA) is 254 Å². The van der Waals surface area contributed by atoms with Gasteiger partial charge in [-0.05, 0) is 47.9 Å². The number of aliphatic hydroxyl groups excluding tert-OH is 2. The lowest BCUT2D eigenvalue weighted by molar-refractivity contribution is -0.131. The third-order valence-electron chi connectivity index (χ3n) is 8.51. The summed E-state index contributed by atoms with van der Waals surface area (Å²) < 4.78 is 65.5. The summed E-state index contributed by atoms with van der Waals surface area (Å²) in [6.45, 7) is 0.517. The molecule has 1 aliphatic rings. The third-order valence-corrected chi connectivity index (χ3v) is 11.5. The lowest BCUT2D eigenvalue weighted by Crippen LogP contribution is -2.43. The number of carbonyl (C=O) groups is 2. The summed E-state index contributed by atoms with van der Waals surface area (Å²) in [6.07, 6.45) is -5.48. The molecule has 0 radical (unpaired) electrons. The van der Waals surface area contributed by atoms with Crippen molar-refractivity contribution in [1.29, 1.82) is 0 Å². The van der Waals surface area contributed by atoms with E-state index in [0.29, 0.717) is 27.7 Å². The number of aliphatic hydroxyl groups is 2. The van der Waals surface area contributed by atoms with E-state index in [0.717, 1.165) is 21.4 Å². The molecule has 21 heteroatoms. The van der Waals surface area contributed by atoms with Crippen molar-refractivity contribution in [2.75, 3.05) is 6.61 Å². The molecule has 0 amide bonds. The number of ketones is 1. The van der Waals surface area contributed by atoms with E-state index >= 15 is 0 Å². The van der Waals surface area contributed by atoms with Crippen molar-refractivity contribution in [2.24, 2.45) is 0 Å². The van der Waals surface area contributed by atoms with Crippen LogP contribution in [0.3, 0.4) is 0 Å². The maximum Gasteiger partial charge on any atom is 0.484 e. The van der Waals surface area contributed by atoms with Crippen molar-refractivity contribution >= 4 is 38.4 Å². The standard InChI is InChI=1S/C36H37N3O16P2/c1-22(40)17-24-7-9-25(10-8-24)19-50-57(48,51-20-26-11-13-27(14-12-26)52-23(2)41)55-56(46,47)49-21-31-33(43)34(44)35(53-31)38-16-15-32(42)39(36(38)45)18-29-28-5-3-4-6-30(28)54-37-29/h3-16,31,33-35,43-44H,17-21H2,1-2H3,(H,46,47)/t31-,33+,34?,35-,57?/m1/s1. The van der Waals surface area contributed by atoms with Crippen molar-refractivity contribution < 1.29 is 65.7 Å². The van der Waals surface area contributed by atoms with Crippen LogP contribution in [0, 0.1) is 0 Å². The summed E-state index contributed by atoms with van der Waals surface area (Å²) in [5.74, 6) is -0.385. The zero-order valence-corrected chi connectivity index (χ0v) is 32.1. The van der Waals surface area contributed by atoms with E-state index in [1.807, 2.05) is 0 Å². The van der Waals surface area contributed by atoms with Crippen LogP contribution in [0.15, 0.2) is 99.2 Å². The summed E-state index contributed by atoms with van der Waals surface area (Å²) >= 11 is 0. The van der Waals surface area contributed by atoms with Crippen molar-refractivity contribution in [2.45, 2.75) is 64.6 Å². The molecule has 3 N–H and O–H groups in total. The highest BCUT2D eigenvalue weighted by atomic mass is 31.3. The number of aromatic nitrogens is 3. The number of phosphoric acid groups is 2. The highest BCUT2D eigenvalue weighted by molar-refractivity contribution is 7.61. The van der Waals surface area contributed by atoms with Gasteiger partial charge in [-0.3, -0.25) is 37.1 Å². The molecule has 6 rings (SSSR count). The van der Waals surface area contributed by atoms with Crippen LogP contribution in [0.1, 0.15) is 42.5 Å². The number of nitrogens with zero attached hydrogens (tertiary/aromatic N) is 3. The highest BCUT2D eigenvalue weighted by Crippen LogP contribution is 2.64. The van der Waals surface area contributed by atoms with Gasteiger partial charge >= 0.3 is 27.3 Å². The summed E-state index contributed by atoms with van der Waals surface area (Å²) in [6, 6.07) is 20.1. The maximum atomic E-state index is 13.8. The monoisotopic (exact) mass is 829 g/mol. The lowest BCUT2D eigenvalue weighted by atomic mass is 10.1. The molecule has 19 nitrogen and oxygen atoms in total. The van der Waals surface area contributed by atoms with Gasteiger partial charge in [-0.2, -0.15) is 4.31 Å². The van der Waals surface area contributed by atoms with Crippen LogP contribution in [0.4, 0.5) is 0 Å². The van der Waals surface area contributed by atoms with Crippen LogP contribution in [0.25, 0.3) is 11.0 Å². The van der Waals surface area contributed by atoms with Gasteiger partial charge in [0.1, 0.15) is 35.5 Å². The van der Waals surface area contributed by atoms with Crippen LogP contribution in [0.5, 0.6) is 5.75 Å². The molecule has 0 saturated carbocycles.